The highest BCUT2D eigenvalue weighted by Gasteiger charge is 2.13. The molecule has 14 heavy (non-hydrogen) atoms. The van der Waals surface area contributed by atoms with Gasteiger partial charge >= 0.3 is 5.97 Å². The number of hydrogen-bond acceptors (Lipinski definition) is 5. The lowest BCUT2D eigenvalue weighted by molar-refractivity contribution is 0.0602. The standard InChI is InChI=1S/C9H12N2O3/c1-13-8-4-6(10)5(3-7(8)11)9(12)14-2/h3-4H,10-11H2,1-2H3. The van der Waals surface area contributed by atoms with E-state index in [1.807, 2.05) is 0 Å². The fraction of sp³-hybridized carbons (Fsp3) is 0.222. The zero-order chi connectivity index (χ0) is 10.7. The Labute approximate surface area is 81.6 Å². The van der Waals surface area contributed by atoms with E-state index in [4.69, 9.17) is 16.2 Å². The molecule has 1 aromatic carbocycles. The summed E-state index contributed by atoms with van der Waals surface area (Å²) in [5, 5.41) is 0. The van der Waals surface area contributed by atoms with E-state index in [2.05, 4.69) is 4.74 Å². The zero-order valence-electron chi connectivity index (χ0n) is 8.03. The van der Waals surface area contributed by atoms with E-state index in [1.165, 1.54) is 26.4 Å². The highest BCUT2D eigenvalue weighted by Crippen LogP contribution is 2.27. The van der Waals surface area contributed by atoms with E-state index in [0.717, 1.165) is 0 Å². The summed E-state index contributed by atoms with van der Waals surface area (Å²) >= 11 is 0. The van der Waals surface area contributed by atoms with Crippen molar-refractivity contribution in [2.75, 3.05) is 25.7 Å². The predicted molar refractivity (Wildman–Crippen MR) is 53.2 cm³/mol. The summed E-state index contributed by atoms with van der Waals surface area (Å²) in [7, 11) is 2.76. The number of benzene rings is 1. The summed E-state index contributed by atoms with van der Waals surface area (Å²) < 4.78 is 9.47. The van der Waals surface area contributed by atoms with Gasteiger partial charge in [-0.15, -0.1) is 0 Å². The molecule has 5 heteroatoms. The van der Waals surface area contributed by atoms with Crippen molar-refractivity contribution in [3.8, 4) is 5.75 Å². The van der Waals surface area contributed by atoms with E-state index >= 15 is 0 Å². The Kier molecular flexibility index (Phi) is 2.81. The molecule has 76 valence electrons. The molecule has 0 aromatic heterocycles. The molecule has 0 amide bonds. The van der Waals surface area contributed by atoms with Gasteiger partial charge in [-0.1, -0.05) is 0 Å². The highest BCUT2D eigenvalue weighted by atomic mass is 16.5. The lowest BCUT2D eigenvalue weighted by Crippen LogP contribution is -2.07. The van der Waals surface area contributed by atoms with Gasteiger partial charge in [-0.25, -0.2) is 4.79 Å². The summed E-state index contributed by atoms with van der Waals surface area (Å²) in [6, 6.07) is 2.92. The van der Waals surface area contributed by atoms with Crippen molar-refractivity contribution in [2.24, 2.45) is 0 Å². The molecule has 0 bridgehead atoms. The van der Waals surface area contributed by atoms with E-state index < -0.39 is 5.97 Å². The van der Waals surface area contributed by atoms with Gasteiger partial charge in [0.2, 0.25) is 0 Å². The fourth-order valence-corrected chi connectivity index (χ4v) is 1.08. The molecule has 1 rings (SSSR count). The lowest BCUT2D eigenvalue weighted by Gasteiger charge is -2.08. The third-order valence-corrected chi connectivity index (χ3v) is 1.81. The first-order valence-corrected chi connectivity index (χ1v) is 3.91. The molecule has 0 atom stereocenters. The Morgan fingerprint density at radius 3 is 2.36 bits per heavy atom. The molecule has 0 aliphatic carbocycles. The molecule has 0 saturated heterocycles. The number of carbonyl (C=O) groups is 1. The number of anilines is 2. The third kappa shape index (κ3) is 1.71. The maximum Gasteiger partial charge on any atom is 0.340 e. The van der Waals surface area contributed by atoms with Crippen LogP contribution < -0.4 is 16.2 Å². The fourth-order valence-electron chi connectivity index (χ4n) is 1.08. The Hall–Kier alpha value is -1.91. The number of carbonyl (C=O) groups excluding carboxylic acids is 1. The maximum atomic E-state index is 11.2. The molecular weight excluding hydrogens is 184 g/mol. The Balaban J connectivity index is 3.21. The number of nitrogens with two attached hydrogens (primary N) is 2. The van der Waals surface area contributed by atoms with Crippen LogP contribution in [0.4, 0.5) is 11.4 Å². The number of ether oxygens (including phenoxy) is 2. The van der Waals surface area contributed by atoms with Gasteiger partial charge in [0.15, 0.2) is 0 Å². The van der Waals surface area contributed by atoms with Crippen LogP contribution in [-0.4, -0.2) is 20.2 Å². The van der Waals surface area contributed by atoms with E-state index in [0.29, 0.717) is 11.4 Å². The van der Waals surface area contributed by atoms with Gasteiger partial charge < -0.3 is 20.9 Å². The van der Waals surface area contributed by atoms with Gasteiger partial charge in [0.25, 0.3) is 0 Å². The minimum Gasteiger partial charge on any atom is -0.495 e. The Morgan fingerprint density at radius 1 is 1.21 bits per heavy atom. The third-order valence-electron chi connectivity index (χ3n) is 1.81. The number of methoxy groups -OCH3 is 2. The van der Waals surface area contributed by atoms with E-state index in [1.54, 1.807) is 0 Å². The largest absolute Gasteiger partial charge is 0.495 e. The number of esters is 1. The van der Waals surface area contributed by atoms with Gasteiger partial charge in [-0.05, 0) is 6.07 Å². The molecule has 0 radical (unpaired) electrons. The van der Waals surface area contributed by atoms with Crippen LogP contribution >= 0.6 is 0 Å². The van der Waals surface area contributed by atoms with Crippen LogP contribution in [0.2, 0.25) is 0 Å². The molecule has 0 heterocycles. The Bertz CT molecular complexity index is 363. The van der Waals surface area contributed by atoms with Crippen LogP contribution in [-0.2, 0) is 4.74 Å². The smallest absolute Gasteiger partial charge is 0.340 e. The number of hydrogen-bond donors (Lipinski definition) is 2. The van der Waals surface area contributed by atoms with Crippen molar-refractivity contribution in [2.45, 2.75) is 0 Å². The van der Waals surface area contributed by atoms with Crippen molar-refractivity contribution in [1.82, 2.24) is 0 Å². The SMILES string of the molecule is COC(=O)c1cc(N)c(OC)cc1N. The second kappa shape index (κ2) is 3.87. The first kappa shape index (κ1) is 10.2. The minimum atomic E-state index is -0.517. The van der Waals surface area contributed by atoms with Crippen LogP contribution in [0.25, 0.3) is 0 Å². The molecule has 4 N–H and O–H groups in total. The van der Waals surface area contributed by atoms with E-state index in [-0.39, 0.29) is 11.3 Å². The van der Waals surface area contributed by atoms with Gasteiger partial charge in [0, 0.05) is 11.8 Å². The summed E-state index contributed by atoms with van der Waals surface area (Å²) in [6.45, 7) is 0. The predicted octanol–water partition coefficient (Wildman–Crippen LogP) is 0.646. The first-order chi connectivity index (χ1) is 6.60. The molecule has 0 aliphatic rings. The lowest BCUT2D eigenvalue weighted by atomic mass is 10.1. The van der Waals surface area contributed by atoms with Gasteiger partial charge in [0.05, 0.1) is 25.5 Å². The van der Waals surface area contributed by atoms with Crippen LogP contribution in [0.3, 0.4) is 0 Å². The average Bonchev–Trinajstić information content (AvgIpc) is 2.19. The average molecular weight is 196 g/mol. The number of rotatable bonds is 2. The molecule has 0 saturated carbocycles. The summed E-state index contributed by atoms with van der Waals surface area (Å²) in [5.74, 6) is -0.0768. The summed E-state index contributed by atoms with van der Waals surface area (Å²) in [4.78, 5) is 11.2. The van der Waals surface area contributed by atoms with Crippen LogP contribution in [0.15, 0.2) is 12.1 Å². The van der Waals surface area contributed by atoms with Crippen molar-refractivity contribution < 1.29 is 14.3 Å². The van der Waals surface area contributed by atoms with Gasteiger partial charge in [-0.3, -0.25) is 0 Å². The van der Waals surface area contributed by atoms with Crippen LogP contribution in [0, 0.1) is 0 Å². The number of nitrogen functional groups attached to an aromatic ring is 2. The van der Waals surface area contributed by atoms with E-state index in [9.17, 15) is 4.79 Å². The summed E-state index contributed by atoms with van der Waals surface area (Å²) in [6.07, 6.45) is 0. The second-order valence-electron chi connectivity index (χ2n) is 2.67. The molecule has 0 fully saturated rings. The highest BCUT2D eigenvalue weighted by molar-refractivity contribution is 5.96. The zero-order valence-corrected chi connectivity index (χ0v) is 8.03. The normalized spacial score (nSPS) is 9.57. The van der Waals surface area contributed by atoms with Gasteiger partial charge in [-0.2, -0.15) is 0 Å². The molecule has 0 aliphatic heterocycles. The minimum absolute atomic E-state index is 0.241. The summed E-state index contributed by atoms with van der Waals surface area (Å²) in [5.41, 5.74) is 12.1. The first-order valence-electron chi connectivity index (χ1n) is 3.91. The van der Waals surface area contributed by atoms with Crippen molar-refractivity contribution >= 4 is 17.3 Å². The molecule has 0 spiro atoms. The van der Waals surface area contributed by atoms with Gasteiger partial charge in [0.1, 0.15) is 5.75 Å². The van der Waals surface area contributed by atoms with Crippen molar-refractivity contribution in [3.05, 3.63) is 17.7 Å². The van der Waals surface area contributed by atoms with Crippen LogP contribution in [0.5, 0.6) is 5.75 Å². The topological polar surface area (TPSA) is 87.6 Å². The quantitative estimate of drug-likeness (QED) is 0.535. The maximum absolute atomic E-state index is 11.2. The molecule has 1 aromatic rings. The van der Waals surface area contributed by atoms with Crippen molar-refractivity contribution in [3.63, 3.8) is 0 Å². The second-order valence-corrected chi connectivity index (χ2v) is 2.67. The Morgan fingerprint density at radius 2 is 1.86 bits per heavy atom. The molecule has 0 unspecified atom stereocenters. The monoisotopic (exact) mass is 196 g/mol. The van der Waals surface area contributed by atoms with Crippen LogP contribution in [0.1, 0.15) is 10.4 Å². The van der Waals surface area contributed by atoms with Crippen molar-refractivity contribution in [1.29, 1.82) is 0 Å². The molecule has 5 nitrogen and oxygen atoms in total. The molecular formula is C9H12N2O3.